The fourth-order valence-corrected chi connectivity index (χ4v) is 2.51. The zero-order valence-corrected chi connectivity index (χ0v) is 12.6. The number of halogens is 3. The molecule has 1 aliphatic heterocycles. The molecule has 2 rings (SSSR count). The molecular weight excluding hydrogens is 302 g/mol. The van der Waals surface area contributed by atoms with Crippen LogP contribution >= 0.6 is 11.6 Å². The first kappa shape index (κ1) is 15.7. The van der Waals surface area contributed by atoms with Crippen molar-refractivity contribution in [1.29, 1.82) is 0 Å². The molecule has 0 radical (unpaired) electrons. The normalized spacial score (nSPS) is 19.7. The second-order valence-corrected chi connectivity index (χ2v) is 6.42. The van der Waals surface area contributed by atoms with E-state index < -0.39 is 34.9 Å². The first-order valence-corrected chi connectivity index (χ1v) is 6.74. The third-order valence-corrected chi connectivity index (χ3v) is 3.53. The summed E-state index contributed by atoms with van der Waals surface area (Å²) < 4.78 is 27.1. The second-order valence-electron chi connectivity index (χ2n) is 6.01. The van der Waals surface area contributed by atoms with E-state index in [1.54, 1.807) is 20.8 Å². The molecule has 2 amide bonds. The number of hydrogen-bond acceptors (Lipinski definition) is 2. The Morgan fingerprint density at radius 2 is 1.90 bits per heavy atom. The first-order valence-electron chi connectivity index (χ1n) is 6.36. The summed E-state index contributed by atoms with van der Waals surface area (Å²) in [6.07, 6.45) is 0. The van der Waals surface area contributed by atoms with Crippen molar-refractivity contribution in [3.8, 4) is 0 Å². The van der Waals surface area contributed by atoms with Gasteiger partial charge in [-0.25, -0.2) is 8.78 Å². The summed E-state index contributed by atoms with van der Waals surface area (Å²) in [5.74, 6) is -2.72. The molecule has 1 heterocycles. The predicted octanol–water partition coefficient (Wildman–Crippen LogP) is 2.50. The molecule has 0 bridgehead atoms. The van der Waals surface area contributed by atoms with Crippen molar-refractivity contribution in [3.63, 3.8) is 0 Å². The molecule has 4 nitrogen and oxygen atoms in total. The van der Waals surface area contributed by atoms with Crippen molar-refractivity contribution in [2.45, 2.75) is 26.8 Å². The largest absolute Gasteiger partial charge is 0.342 e. The molecule has 114 valence electrons. The number of nitrogens with zero attached hydrogens (tertiary/aromatic N) is 1. The Kier molecular flexibility index (Phi) is 3.93. The number of piperazine rings is 1. The van der Waals surface area contributed by atoms with E-state index in [0.29, 0.717) is 6.07 Å². The van der Waals surface area contributed by atoms with Crippen molar-refractivity contribution in [2.75, 3.05) is 11.4 Å². The van der Waals surface area contributed by atoms with Gasteiger partial charge in [-0.15, -0.1) is 0 Å². The van der Waals surface area contributed by atoms with E-state index in [2.05, 4.69) is 5.32 Å². The summed E-state index contributed by atoms with van der Waals surface area (Å²) in [6, 6.07) is 0.734. The number of rotatable bonds is 1. The third kappa shape index (κ3) is 3.00. The molecule has 21 heavy (non-hydrogen) atoms. The van der Waals surface area contributed by atoms with Gasteiger partial charge >= 0.3 is 0 Å². The fraction of sp³-hybridized carbons (Fsp3) is 0.429. The van der Waals surface area contributed by atoms with E-state index in [1.165, 1.54) is 0 Å². The van der Waals surface area contributed by atoms with Crippen LogP contribution in [-0.4, -0.2) is 24.4 Å². The van der Waals surface area contributed by atoms with Crippen molar-refractivity contribution in [3.05, 3.63) is 28.8 Å². The van der Waals surface area contributed by atoms with Gasteiger partial charge in [-0.1, -0.05) is 32.4 Å². The average Bonchev–Trinajstić information content (AvgIpc) is 2.30. The van der Waals surface area contributed by atoms with Crippen LogP contribution in [-0.2, 0) is 9.59 Å². The molecule has 1 atom stereocenters. The zero-order chi connectivity index (χ0) is 15.9. The molecule has 0 aromatic heterocycles. The highest BCUT2D eigenvalue weighted by Crippen LogP contribution is 2.33. The Labute approximate surface area is 126 Å². The Morgan fingerprint density at radius 1 is 1.29 bits per heavy atom. The van der Waals surface area contributed by atoms with Gasteiger partial charge in [-0.2, -0.15) is 0 Å². The lowest BCUT2D eigenvalue weighted by Crippen LogP contribution is -2.62. The van der Waals surface area contributed by atoms with Gasteiger partial charge in [0, 0.05) is 6.07 Å². The number of carbonyl (C=O) groups excluding carboxylic acids is 2. The van der Waals surface area contributed by atoms with Crippen LogP contribution in [0.1, 0.15) is 20.8 Å². The molecule has 1 aromatic rings. The van der Waals surface area contributed by atoms with Crippen LogP contribution < -0.4 is 10.2 Å². The van der Waals surface area contributed by atoms with Crippen molar-refractivity contribution >= 4 is 29.1 Å². The van der Waals surface area contributed by atoms with Crippen LogP contribution in [0.4, 0.5) is 14.5 Å². The van der Waals surface area contributed by atoms with E-state index in [-0.39, 0.29) is 17.3 Å². The van der Waals surface area contributed by atoms with Gasteiger partial charge in [0.25, 0.3) is 5.91 Å². The summed E-state index contributed by atoms with van der Waals surface area (Å²) in [4.78, 5) is 25.3. The van der Waals surface area contributed by atoms with E-state index in [9.17, 15) is 18.4 Å². The summed E-state index contributed by atoms with van der Waals surface area (Å²) in [7, 11) is 0. The number of anilines is 1. The molecule has 1 fully saturated rings. The van der Waals surface area contributed by atoms with Gasteiger partial charge in [-0.3, -0.25) is 14.5 Å². The maximum atomic E-state index is 14.0. The highest BCUT2D eigenvalue weighted by atomic mass is 35.5. The standard InChI is InChI=1S/C14H15ClF2N2O2/c1-14(2,3)12-13(21)19(6-10(20)18-12)11-8(15)4-7(16)5-9(11)17/h4-5,12H,6H2,1-3H3,(H,18,20). The summed E-state index contributed by atoms with van der Waals surface area (Å²) in [6.45, 7) is 4.99. The monoisotopic (exact) mass is 316 g/mol. The van der Waals surface area contributed by atoms with Crippen LogP contribution in [0.5, 0.6) is 0 Å². The van der Waals surface area contributed by atoms with Gasteiger partial charge in [-0.05, 0) is 11.5 Å². The first-order chi connectivity index (χ1) is 9.61. The molecule has 1 N–H and O–H groups in total. The lowest BCUT2D eigenvalue weighted by molar-refractivity contribution is -0.133. The molecular formula is C14H15ClF2N2O2. The number of carbonyl (C=O) groups is 2. The Balaban J connectivity index is 2.48. The van der Waals surface area contributed by atoms with Crippen LogP contribution in [0, 0.1) is 17.0 Å². The molecule has 0 saturated carbocycles. The average molecular weight is 317 g/mol. The van der Waals surface area contributed by atoms with E-state index in [0.717, 1.165) is 11.0 Å². The van der Waals surface area contributed by atoms with Crippen molar-refractivity contribution < 1.29 is 18.4 Å². The number of hydrogen-bond donors (Lipinski definition) is 1. The molecule has 0 spiro atoms. The van der Waals surface area contributed by atoms with Crippen LogP contribution in [0.3, 0.4) is 0 Å². The molecule has 0 aliphatic carbocycles. The zero-order valence-electron chi connectivity index (χ0n) is 11.8. The highest BCUT2D eigenvalue weighted by Gasteiger charge is 2.41. The number of amides is 2. The van der Waals surface area contributed by atoms with Gasteiger partial charge in [0.15, 0.2) is 5.82 Å². The number of benzene rings is 1. The topological polar surface area (TPSA) is 49.4 Å². The Morgan fingerprint density at radius 3 is 2.43 bits per heavy atom. The lowest BCUT2D eigenvalue weighted by atomic mass is 9.84. The fourth-order valence-electron chi connectivity index (χ4n) is 2.21. The molecule has 1 aromatic carbocycles. The number of nitrogens with one attached hydrogen (secondary N) is 1. The third-order valence-electron chi connectivity index (χ3n) is 3.24. The van der Waals surface area contributed by atoms with Crippen LogP contribution in [0.15, 0.2) is 12.1 Å². The van der Waals surface area contributed by atoms with E-state index in [1.807, 2.05) is 0 Å². The van der Waals surface area contributed by atoms with E-state index >= 15 is 0 Å². The van der Waals surface area contributed by atoms with E-state index in [4.69, 9.17) is 11.6 Å². The van der Waals surface area contributed by atoms with Gasteiger partial charge in [0.1, 0.15) is 18.4 Å². The minimum atomic E-state index is -0.976. The molecule has 1 aliphatic rings. The predicted molar refractivity (Wildman–Crippen MR) is 75.1 cm³/mol. The lowest BCUT2D eigenvalue weighted by Gasteiger charge is -2.39. The summed E-state index contributed by atoms with van der Waals surface area (Å²) >= 11 is 5.84. The van der Waals surface area contributed by atoms with Crippen LogP contribution in [0.2, 0.25) is 5.02 Å². The Hall–Kier alpha value is -1.69. The van der Waals surface area contributed by atoms with Crippen LogP contribution in [0.25, 0.3) is 0 Å². The molecule has 7 heteroatoms. The van der Waals surface area contributed by atoms with Crippen molar-refractivity contribution in [2.24, 2.45) is 5.41 Å². The maximum absolute atomic E-state index is 14.0. The van der Waals surface area contributed by atoms with Gasteiger partial charge in [0.05, 0.1) is 10.7 Å². The van der Waals surface area contributed by atoms with Crippen molar-refractivity contribution in [1.82, 2.24) is 5.32 Å². The minimum Gasteiger partial charge on any atom is -0.342 e. The minimum absolute atomic E-state index is 0.247. The summed E-state index contributed by atoms with van der Waals surface area (Å²) in [5, 5.41) is 2.34. The molecule has 1 saturated heterocycles. The smallest absolute Gasteiger partial charge is 0.250 e. The Bertz CT molecular complexity index is 590. The maximum Gasteiger partial charge on any atom is 0.250 e. The SMILES string of the molecule is CC(C)(C)C1NC(=O)CN(c2c(F)cc(F)cc2Cl)C1=O. The molecule has 1 unspecified atom stereocenters. The summed E-state index contributed by atoms with van der Waals surface area (Å²) in [5.41, 5.74) is -0.818. The quantitative estimate of drug-likeness (QED) is 0.865. The van der Waals surface area contributed by atoms with Gasteiger partial charge < -0.3 is 5.32 Å². The second kappa shape index (κ2) is 5.26. The van der Waals surface area contributed by atoms with Gasteiger partial charge in [0.2, 0.25) is 5.91 Å². The highest BCUT2D eigenvalue weighted by molar-refractivity contribution is 6.34.